The third-order valence-corrected chi connectivity index (χ3v) is 3.17. The second kappa shape index (κ2) is 7.28. The molecule has 0 radical (unpaired) electrons. The monoisotopic (exact) mass is 239 g/mol. The Kier molecular flexibility index (Phi) is 5.93. The predicted molar refractivity (Wildman–Crippen MR) is 72.0 cm³/mol. The van der Waals surface area contributed by atoms with E-state index in [9.17, 15) is 0 Å². The maximum Gasteiger partial charge on any atom is 0.191 e. The lowest BCUT2D eigenvalue weighted by Crippen LogP contribution is -2.41. The predicted octanol–water partition coefficient (Wildman–Crippen LogP) is 2.60. The molecule has 1 aromatic rings. The average Bonchev–Trinajstić information content (AvgIpc) is 2.79. The fraction of sp³-hybridized carbons (Fsp3) is 0.583. The first-order valence-corrected chi connectivity index (χ1v) is 6.71. The molecule has 0 saturated heterocycles. The fourth-order valence-electron chi connectivity index (χ4n) is 1.21. The van der Waals surface area contributed by atoms with Crippen LogP contribution in [0.5, 0.6) is 0 Å². The van der Waals surface area contributed by atoms with E-state index in [1.807, 2.05) is 0 Å². The Morgan fingerprint density at radius 1 is 1.50 bits per heavy atom. The van der Waals surface area contributed by atoms with E-state index in [-0.39, 0.29) is 0 Å². The van der Waals surface area contributed by atoms with Crippen LogP contribution in [-0.2, 0) is 6.54 Å². The molecule has 1 unspecified atom stereocenters. The highest BCUT2D eigenvalue weighted by atomic mass is 32.1. The molecule has 2 N–H and O–H groups in total. The van der Waals surface area contributed by atoms with Crippen molar-refractivity contribution >= 4 is 17.3 Å². The number of nitrogens with zero attached hydrogens (tertiary/aromatic N) is 1. The lowest BCUT2D eigenvalue weighted by molar-refractivity contribution is 0.624. The van der Waals surface area contributed by atoms with E-state index in [1.165, 1.54) is 4.88 Å². The zero-order chi connectivity index (χ0) is 11.8. The summed E-state index contributed by atoms with van der Waals surface area (Å²) in [6.45, 7) is 8.06. The molecule has 0 aromatic carbocycles. The number of thiophene rings is 1. The minimum atomic E-state index is 0.459. The molecule has 0 amide bonds. The summed E-state index contributed by atoms with van der Waals surface area (Å²) in [5, 5.41) is 8.71. The second-order valence-corrected chi connectivity index (χ2v) is 4.76. The lowest BCUT2D eigenvalue weighted by Gasteiger charge is -2.15. The Hall–Kier alpha value is -1.03. The average molecular weight is 239 g/mol. The smallest absolute Gasteiger partial charge is 0.191 e. The number of hydrogen-bond donors (Lipinski definition) is 2. The summed E-state index contributed by atoms with van der Waals surface area (Å²) >= 11 is 1.74. The van der Waals surface area contributed by atoms with Gasteiger partial charge in [-0.15, -0.1) is 11.3 Å². The molecule has 0 aliphatic carbocycles. The van der Waals surface area contributed by atoms with Gasteiger partial charge in [0.25, 0.3) is 0 Å². The zero-order valence-electron chi connectivity index (χ0n) is 10.3. The molecule has 1 aromatic heterocycles. The van der Waals surface area contributed by atoms with Gasteiger partial charge in [0.15, 0.2) is 5.96 Å². The normalized spacial score (nSPS) is 13.6. The van der Waals surface area contributed by atoms with Gasteiger partial charge >= 0.3 is 0 Å². The van der Waals surface area contributed by atoms with E-state index >= 15 is 0 Å². The van der Waals surface area contributed by atoms with E-state index in [0.29, 0.717) is 6.04 Å². The van der Waals surface area contributed by atoms with Crippen molar-refractivity contribution in [3.05, 3.63) is 22.4 Å². The van der Waals surface area contributed by atoms with Gasteiger partial charge in [-0.25, -0.2) is 4.99 Å². The molecule has 4 heteroatoms. The van der Waals surface area contributed by atoms with E-state index in [2.05, 4.69) is 53.9 Å². The molecule has 3 nitrogen and oxygen atoms in total. The van der Waals surface area contributed by atoms with E-state index in [0.717, 1.165) is 25.5 Å². The maximum absolute atomic E-state index is 4.55. The van der Waals surface area contributed by atoms with Crippen LogP contribution in [0.4, 0.5) is 0 Å². The van der Waals surface area contributed by atoms with Crippen LogP contribution in [0.1, 0.15) is 32.1 Å². The lowest BCUT2D eigenvalue weighted by atomic mass is 10.3. The van der Waals surface area contributed by atoms with Gasteiger partial charge in [0.05, 0.1) is 6.54 Å². The Morgan fingerprint density at radius 2 is 2.31 bits per heavy atom. The highest BCUT2D eigenvalue weighted by Gasteiger charge is 2.02. The topological polar surface area (TPSA) is 36.4 Å². The van der Waals surface area contributed by atoms with Crippen molar-refractivity contribution in [1.82, 2.24) is 10.6 Å². The molecular formula is C12H21N3S. The number of nitrogens with one attached hydrogen (secondary N) is 2. The van der Waals surface area contributed by atoms with Crippen molar-refractivity contribution < 1.29 is 0 Å². The van der Waals surface area contributed by atoms with Gasteiger partial charge in [-0.05, 0) is 31.7 Å². The Labute approximate surface area is 102 Å². The SMILES string of the molecule is CCNC(=NCc1cccs1)NC(C)CC. The first kappa shape index (κ1) is 13.0. The molecule has 0 fully saturated rings. The quantitative estimate of drug-likeness (QED) is 0.612. The number of rotatable bonds is 5. The van der Waals surface area contributed by atoms with E-state index in [1.54, 1.807) is 11.3 Å². The Bertz CT molecular complexity index is 306. The van der Waals surface area contributed by atoms with Crippen molar-refractivity contribution in [3.8, 4) is 0 Å². The molecule has 16 heavy (non-hydrogen) atoms. The van der Waals surface area contributed by atoms with Crippen molar-refractivity contribution in [1.29, 1.82) is 0 Å². The fourth-order valence-corrected chi connectivity index (χ4v) is 1.84. The highest BCUT2D eigenvalue weighted by Crippen LogP contribution is 2.09. The van der Waals surface area contributed by atoms with E-state index < -0.39 is 0 Å². The van der Waals surface area contributed by atoms with Gasteiger partial charge in [0.1, 0.15) is 0 Å². The minimum Gasteiger partial charge on any atom is -0.357 e. The van der Waals surface area contributed by atoms with Crippen molar-refractivity contribution in [2.24, 2.45) is 4.99 Å². The van der Waals surface area contributed by atoms with Crippen LogP contribution in [0.15, 0.2) is 22.5 Å². The third kappa shape index (κ3) is 4.66. The first-order chi connectivity index (χ1) is 7.76. The summed E-state index contributed by atoms with van der Waals surface area (Å²) in [6.07, 6.45) is 1.10. The summed E-state index contributed by atoms with van der Waals surface area (Å²) in [7, 11) is 0. The van der Waals surface area contributed by atoms with Crippen LogP contribution in [0, 0.1) is 0 Å². The highest BCUT2D eigenvalue weighted by molar-refractivity contribution is 7.09. The van der Waals surface area contributed by atoms with Crippen LogP contribution >= 0.6 is 11.3 Å². The third-order valence-electron chi connectivity index (χ3n) is 2.31. The summed E-state index contributed by atoms with van der Waals surface area (Å²) < 4.78 is 0. The van der Waals surface area contributed by atoms with Gasteiger partial charge in [-0.2, -0.15) is 0 Å². The largest absolute Gasteiger partial charge is 0.357 e. The maximum atomic E-state index is 4.55. The first-order valence-electron chi connectivity index (χ1n) is 5.83. The van der Waals surface area contributed by atoms with Crippen LogP contribution < -0.4 is 10.6 Å². The molecule has 0 bridgehead atoms. The zero-order valence-corrected chi connectivity index (χ0v) is 11.1. The summed E-state index contributed by atoms with van der Waals surface area (Å²) in [6, 6.07) is 4.63. The van der Waals surface area contributed by atoms with Crippen LogP contribution in [-0.4, -0.2) is 18.5 Å². The van der Waals surface area contributed by atoms with Gasteiger partial charge in [0.2, 0.25) is 0 Å². The molecule has 0 saturated carbocycles. The van der Waals surface area contributed by atoms with Gasteiger partial charge in [-0.1, -0.05) is 13.0 Å². The van der Waals surface area contributed by atoms with Gasteiger partial charge in [0, 0.05) is 17.5 Å². The Morgan fingerprint density at radius 3 is 2.88 bits per heavy atom. The van der Waals surface area contributed by atoms with Crippen molar-refractivity contribution in [2.45, 2.75) is 39.8 Å². The van der Waals surface area contributed by atoms with Gasteiger partial charge < -0.3 is 10.6 Å². The number of hydrogen-bond acceptors (Lipinski definition) is 2. The van der Waals surface area contributed by atoms with Crippen LogP contribution in [0.25, 0.3) is 0 Å². The van der Waals surface area contributed by atoms with Crippen molar-refractivity contribution in [3.63, 3.8) is 0 Å². The molecule has 0 spiro atoms. The molecular weight excluding hydrogens is 218 g/mol. The summed E-state index contributed by atoms with van der Waals surface area (Å²) in [5.41, 5.74) is 0. The summed E-state index contributed by atoms with van der Waals surface area (Å²) in [5.74, 6) is 0.908. The molecule has 0 aliphatic rings. The number of guanidine groups is 1. The Balaban J connectivity index is 2.51. The van der Waals surface area contributed by atoms with Crippen LogP contribution in [0.2, 0.25) is 0 Å². The van der Waals surface area contributed by atoms with Crippen LogP contribution in [0.3, 0.4) is 0 Å². The molecule has 1 atom stereocenters. The minimum absolute atomic E-state index is 0.459. The second-order valence-electron chi connectivity index (χ2n) is 3.73. The van der Waals surface area contributed by atoms with Gasteiger partial charge in [-0.3, -0.25) is 0 Å². The standard InChI is InChI=1S/C12H21N3S/c1-4-10(3)15-12(13-5-2)14-9-11-7-6-8-16-11/h6-8,10H,4-5,9H2,1-3H3,(H2,13,14,15). The summed E-state index contributed by atoms with van der Waals surface area (Å²) in [4.78, 5) is 5.84. The van der Waals surface area contributed by atoms with E-state index in [4.69, 9.17) is 0 Å². The molecule has 1 rings (SSSR count). The molecule has 1 heterocycles. The molecule has 90 valence electrons. The number of aliphatic imine (C=N–C) groups is 1. The van der Waals surface area contributed by atoms with Crippen molar-refractivity contribution in [2.75, 3.05) is 6.54 Å². The molecule has 0 aliphatic heterocycles.